The summed E-state index contributed by atoms with van der Waals surface area (Å²) in [6.45, 7) is 0. The van der Waals surface area contributed by atoms with Crippen LogP contribution in [-0.2, 0) is 10.8 Å². The number of rotatable bonds is 8. The monoisotopic (exact) mass is 891 g/mol. The number of nitrogens with zero attached hydrogens (tertiary/aromatic N) is 1. The van der Waals surface area contributed by atoms with Gasteiger partial charge in [-0.05, 0) is 126 Å². The molecule has 2 aliphatic carbocycles. The number of anilines is 3. The first-order chi connectivity index (χ1) is 34.7. The van der Waals surface area contributed by atoms with Crippen LogP contribution in [0.4, 0.5) is 17.1 Å². The van der Waals surface area contributed by atoms with Crippen molar-refractivity contribution in [1.82, 2.24) is 0 Å². The smallest absolute Gasteiger partial charge is 0.134 e. The van der Waals surface area contributed by atoms with E-state index in [2.05, 4.69) is 266 Å². The van der Waals surface area contributed by atoms with Crippen LogP contribution in [0.25, 0.3) is 55.1 Å². The van der Waals surface area contributed by atoms with Crippen LogP contribution in [0, 0.1) is 0 Å². The van der Waals surface area contributed by atoms with E-state index in [0.717, 1.165) is 39.0 Å². The molecule has 0 saturated carbocycles. The normalized spacial score (nSPS) is 13.7. The molecule has 0 atom stereocenters. The van der Waals surface area contributed by atoms with Gasteiger partial charge < -0.3 is 9.32 Å². The van der Waals surface area contributed by atoms with Crippen LogP contribution in [0.15, 0.2) is 278 Å². The zero-order chi connectivity index (χ0) is 46.2. The van der Waals surface area contributed by atoms with Crippen molar-refractivity contribution in [3.8, 4) is 33.4 Å². The highest BCUT2D eigenvalue weighted by Gasteiger charge is 2.48. The molecule has 0 spiro atoms. The number of furan rings is 1. The van der Waals surface area contributed by atoms with Gasteiger partial charge in [-0.15, -0.1) is 0 Å². The van der Waals surface area contributed by atoms with Crippen molar-refractivity contribution in [3.63, 3.8) is 0 Å². The molecular formula is C68H45NO. The number of benzene rings is 11. The van der Waals surface area contributed by atoms with E-state index in [1.54, 1.807) is 6.26 Å². The molecule has 0 amide bonds. The molecule has 0 N–H and O–H groups in total. The highest BCUT2D eigenvalue weighted by atomic mass is 16.3. The average molecular weight is 892 g/mol. The SMILES string of the molecule is c1ccc(C2(c3ccccc3)c3ccccc3-c3cc(N(c4ccc5c(c4)C(c4ccccc4)(c4ccccc4)c4ccccc4-5)c4ccc(-c5cccc6occc56)c5ccccc45)ccc32)cc1. The summed E-state index contributed by atoms with van der Waals surface area (Å²) < 4.78 is 5.93. The lowest BCUT2D eigenvalue weighted by molar-refractivity contribution is 0.616. The van der Waals surface area contributed by atoms with Gasteiger partial charge in [0.15, 0.2) is 0 Å². The van der Waals surface area contributed by atoms with Gasteiger partial charge >= 0.3 is 0 Å². The topological polar surface area (TPSA) is 16.4 Å². The molecule has 2 aliphatic rings. The highest BCUT2D eigenvalue weighted by Crippen LogP contribution is 2.60. The Balaban J connectivity index is 1.06. The summed E-state index contributed by atoms with van der Waals surface area (Å²) in [5, 5.41) is 3.44. The van der Waals surface area contributed by atoms with E-state index in [1.165, 1.54) is 77.7 Å². The van der Waals surface area contributed by atoms with E-state index in [1.807, 2.05) is 6.07 Å². The van der Waals surface area contributed by atoms with Crippen molar-refractivity contribution in [2.75, 3.05) is 4.90 Å². The molecule has 1 heterocycles. The predicted molar refractivity (Wildman–Crippen MR) is 288 cm³/mol. The quantitative estimate of drug-likeness (QED) is 0.151. The third-order valence-electron chi connectivity index (χ3n) is 15.3. The fourth-order valence-corrected chi connectivity index (χ4v) is 12.5. The number of hydrogen-bond acceptors (Lipinski definition) is 2. The van der Waals surface area contributed by atoms with Gasteiger partial charge in [0.05, 0.1) is 22.8 Å². The van der Waals surface area contributed by atoms with Crippen molar-refractivity contribution in [2.45, 2.75) is 10.8 Å². The maximum absolute atomic E-state index is 5.93. The highest BCUT2D eigenvalue weighted by molar-refractivity contribution is 6.10. The van der Waals surface area contributed by atoms with E-state index >= 15 is 0 Å². The summed E-state index contributed by atoms with van der Waals surface area (Å²) in [7, 11) is 0. The van der Waals surface area contributed by atoms with Crippen LogP contribution in [0.1, 0.15) is 44.5 Å². The number of hydrogen-bond donors (Lipinski definition) is 0. The van der Waals surface area contributed by atoms with Gasteiger partial charge in [0.2, 0.25) is 0 Å². The van der Waals surface area contributed by atoms with E-state index in [4.69, 9.17) is 4.42 Å². The van der Waals surface area contributed by atoms with Crippen molar-refractivity contribution in [3.05, 3.63) is 318 Å². The number of fused-ring (bicyclic) bond motifs is 8. The zero-order valence-corrected chi connectivity index (χ0v) is 38.3. The summed E-state index contributed by atoms with van der Waals surface area (Å²) in [6, 6.07) is 98.8. The van der Waals surface area contributed by atoms with E-state index in [9.17, 15) is 0 Å². The molecule has 0 bridgehead atoms. The molecule has 0 radical (unpaired) electrons. The Labute approximate surface area is 408 Å². The fraction of sp³-hybridized carbons (Fsp3) is 0.0294. The van der Waals surface area contributed by atoms with Crippen molar-refractivity contribution in [1.29, 1.82) is 0 Å². The van der Waals surface area contributed by atoms with Crippen LogP contribution in [-0.4, -0.2) is 0 Å². The van der Waals surface area contributed by atoms with Crippen molar-refractivity contribution >= 4 is 38.8 Å². The molecule has 11 aromatic carbocycles. The third kappa shape index (κ3) is 5.68. The lowest BCUT2D eigenvalue weighted by Crippen LogP contribution is -2.29. The van der Waals surface area contributed by atoms with Gasteiger partial charge in [-0.1, -0.05) is 224 Å². The van der Waals surface area contributed by atoms with Gasteiger partial charge in [0.1, 0.15) is 5.58 Å². The molecule has 70 heavy (non-hydrogen) atoms. The van der Waals surface area contributed by atoms with Crippen LogP contribution < -0.4 is 4.90 Å². The lowest BCUT2D eigenvalue weighted by atomic mass is 9.67. The van der Waals surface area contributed by atoms with Crippen LogP contribution in [0.5, 0.6) is 0 Å². The first-order valence-electron chi connectivity index (χ1n) is 24.2. The van der Waals surface area contributed by atoms with E-state index < -0.39 is 10.8 Å². The molecule has 2 heteroatoms. The first-order valence-corrected chi connectivity index (χ1v) is 24.2. The van der Waals surface area contributed by atoms with Crippen LogP contribution >= 0.6 is 0 Å². The summed E-state index contributed by atoms with van der Waals surface area (Å²) in [5.41, 5.74) is 20.5. The molecule has 0 aliphatic heterocycles. The van der Waals surface area contributed by atoms with Crippen molar-refractivity contribution < 1.29 is 4.42 Å². The molecule has 1 aromatic heterocycles. The summed E-state index contributed by atoms with van der Waals surface area (Å²) in [4.78, 5) is 2.52. The minimum Gasteiger partial charge on any atom is -0.464 e. The Hall–Kier alpha value is -8.98. The fourth-order valence-electron chi connectivity index (χ4n) is 12.5. The van der Waals surface area contributed by atoms with Gasteiger partial charge in [0, 0.05) is 22.1 Å². The van der Waals surface area contributed by atoms with Gasteiger partial charge in [0.25, 0.3) is 0 Å². The first kappa shape index (κ1) is 40.1. The molecule has 2 nitrogen and oxygen atoms in total. The predicted octanol–water partition coefficient (Wildman–Crippen LogP) is 17.4. The van der Waals surface area contributed by atoms with Crippen molar-refractivity contribution in [2.24, 2.45) is 0 Å². The Morgan fingerprint density at radius 3 is 1.34 bits per heavy atom. The largest absolute Gasteiger partial charge is 0.464 e. The van der Waals surface area contributed by atoms with E-state index in [0.29, 0.717) is 0 Å². The summed E-state index contributed by atoms with van der Waals surface area (Å²) in [6.07, 6.45) is 1.79. The maximum Gasteiger partial charge on any atom is 0.134 e. The molecule has 0 unspecified atom stereocenters. The van der Waals surface area contributed by atoms with E-state index in [-0.39, 0.29) is 0 Å². The molecule has 14 rings (SSSR count). The summed E-state index contributed by atoms with van der Waals surface area (Å²) in [5.74, 6) is 0. The maximum atomic E-state index is 5.93. The van der Waals surface area contributed by atoms with Crippen LogP contribution in [0.3, 0.4) is 0 Å². The Morgan fingerprint density at radius 1 is 0.271 bits per heavy atom. The van der Waals surface area contributed by atoms with Gasteiger partial charge in [-0.25, -0.2) is 0 Å². The zero-order valence-electron chi connectivity index (χ0n) is 38.3. The van der Waals surface area contributed by atoms with Crippen LogP contribution in [0.2, 0.25) is 0 Å². The summed E-state index contributed by atoms with van der Waals surface area (Å²) >= 11 is 0. The molecule has 12 aromatic rings. The van der Waals surface area contributed by atoms with Gasteiger partial charge in [-0.2, -0.15) is 0 Å². The standard InChI is InChI=1S/C68H45NO/c1-5-20-46(21-6-1)67(47-22-7-2-8-23-47)62-34-18-16-30-56(62)60-44-50(37-40-63(60)67)69(65-41-39-54(52-28-13-14-31-58(52)65)53-32-19-35-66-59(53)42-43-70-66)51-36-38-57-55-29-15-17-33-61(55)68(64(57)45-51,48-24-9-3-10-25-48)49-26-11-4-12-27-49/h1-45H. The molecule has 328 valence electrons. The Bertz CT molecular complexity index is 3870. The van der Waals surface area contributed by atoms with Gasteiger partial charge in [-0.3, -0.25) is 0 Å². The Morgan fingerprint density at radius 2 is 0.714 bits per heavy atom. The average Bonchev–Trinajstić information content (AvgIpc) is 4.13. The third-order valence-corrected chi connectivity index (χ3v) is 15.3. The minimum absolute atomic E-state index is 0.509. The second-order valence-electron chi connectivity index (χ2n) is 18.7. The lowest BCUT2D eigenvalue weighted by Gasteiger charge is -2.35. The minimum atomic E-state index is -0.562. The molecule has 0 fully saturated rings. The second kappa shape index (κ2) is 15.8. The Kier molecular flexibility index (Phi) is 9.06. The molecule has 0 saturated heterocycles. The molecular weight excluding hydrogens is 847 g/mol. The second-order valence-corrected chi connectivity index (χ2v) is 18.7.